The summed E-state index contributed by atoms with van der Waals surface area (Å²) in [5.74, 6) is 4.81. The van der Waals surface area contributed by atoms with E-state index in [-0.39, 0.29) is 0 Å². The zero-order valence-electron chi connectivity index (χ0n) is 31.7. The van der Waals surface area contributed by atoms with E-state index in [4.69, 9.17) is 10.1 Å². The van der Waals surface area contributed by atoms with Gasteiger partial charge in [-0.15, -0.1) is 4.68 Å². The summed E-state index contributed by atoms with van der Waals surface area (Å²) < 4.78 is 10.3. The SMILES string of the molecule is CCc1c(CC)c(CC)c2c(c1CC)-c1nn(CC)c(CC)[n+]1C21c2c(CC)c(CC)c(CC)c(CC)c2-c2nc(CC)n(CC)[n+]21. The molecule has 2 aromatic heterocycles. The number of aromatic nitrogens is 6. The Balaban J connectivity index is 2.05. The molecule has 0 saturated heterocycles. The molecule has 0 saturated carbocycles. The Hall–Kier alpha value is -3.28. The molecule has 6 heteroatoms. The normalized spacial score (nSPS) is 15.9. The Morgan fingerprint density at radius 2 is 0.936 bits per heavy atom. The molecule has 0 radical (unpaired) electrons. The first kappa shape index (κ1) is 33.6. The number of hydrogen-bond donors (Lipinski definition) is 0. The van der Waals surface area contributed by atoms with Crippen LogP contribution in [0.2, 0.25) is 0 Å². The van der Waals surface area contributed by atoms with Gasteiger partial charge >= 0.3 is 17.3 Å². The summed E-state index contributed by atoms with van der Waals surface area (Å²) in [4.78, 5) is 5.64. The molecule has 47 heavy (non-hydrogen) atoms. The third-order valence-corrected chi connectivity index (χ3v) is 11.7. The molecule has 4 aromatic rings. The average Bonchev–Trinajstić information content (AvgIpc) is 3.82. The molecular weight excluding hydrogens is 576 g/mol. The second-order valence-corrected chi connectivity index (χ2v) is 13.3. The van der Waals surface area contributed by atoms with Crippen molar-refractivity contribution in [1.29, 1.82) is 0 Å². The summed E-state index contributed by atoms with van der Waals surface area (Å²) in [6.07, 6.45) is 10.1. The number of rotatable bonds is 12. The van der Waals surface area contributed by atoms with Gasteiger partial charge in [0.25, 0.3) is 5.82 Å². The highest BCUT2D eigenvalue weighted by Crippen LogP contribution is 2.54. The highest BCUT2D eigenvalue weighted by atomic mass is 15.6. The van der Waals surface area contributed by atoms with Crippen LogP contribution in [0, 0.1) is 0 Å². The molecule has 252 valence electrons. The van der Waals surface area contributed by atoms with Gasteiger partial charge in [-0.2, -0.15) is 9.25 Å². The van der Waals surface area contributed by atoms with Crippen LogP contribution in [0.25, 0.3) is 22.8 Å². The molecule has 1 atom stereocenters. The third kappa shape index (κ3) is 4.02. The molecule has 0 bridgehead atoms. The molecule has 0 amide bonds. The van der Waals surface area contributed by atoms with E-state index in [2.05, 4.69) is 102 Å². The van der Waals surface area contributed by atoms with Crippen LogP contribution in [0.3, 0.4) is 0 Å². The van der Waals surface area contributed by atoms with Crippen molar-refractivity contribution in [3.8, 4) is 22.8 Å². The fourth-order valence-corrected chi connectivity index (χ4v) is 10.2. The largest absolute Gasteiger partial charge is 0.356 e. The van der Waals surface area contributed by atoms with Crippen LogP contribution in [-0.4, -0.2) is 19.4 Å². The first-order valence-electron chi connectivity index (χ1n) is 19.3. The molecule has 2 aliphatic heterocycles. The minimum absolute atomic E-state index is 0.582. The minimum atomic E-state index is -0.582. The second-order valence-electron chi connectivity index (χ2n) is 13.3. The quantitative estimate of drug-likeness (QED) is 0.130. The maximum absolute atomic E-state index is 5.64. The van der Waals surface area contributed by atoms with E-state index in [1.165, 1.54) is 56.2 Å². The molecule has 1 unspecified atom stereocenters. The van der Waals surface area contributed by atoms with E-state index in [1.54, 1.807) is 22.3 Å². The molecule has 2 aromatic carbocycles. The first-order chi connectivity index (χ1) is 22.8. The van der Waals surface area contributed by atoms with Crippen LogP contribution >= 0.6 is 0 Å². The first-order valence-corrected chi connectivity index (χ1v) is 19.3. The topological polar surface area (TPSA) is 43.4 Å². The average molecular weight is 637 g/mol. The number of hydrogen-bond acceptors (Lipinski definition) is 2. The molecule has 0 N–H and O–H groups in total. The van der Waals surface area contributed by atoms with Gasteiger partial charge in [0, 0.05) is 17.9 Å². The molecule has 0 fully saturated rings. The van der Waals surface area contributed by atoms with Gasteiger partial charge < -0.3 is 0 Å². The van der Waals surface area contributed by atoms with Crippen molar-refractivity contribution in [3.63, 3.8) is 0 Å². The lowest BCUT2D eigenvalue weighted by molar-refractivity contribution is -0.991. The van der Waals surface area contributed by atoms with Crippen LogP contribution in [0.4, 0.5) is 0 Å². The van der Waals surface area contributed by atoms with Crippen LogP contribution < -0.4 is 9.25 Å². The third-order valence-electron chi connectivity index (χ3n) is 11.7. The van der Waals surface area contributed by atoms with Crippen molar-refractivity contribution in [2.75, 3.05) is 0 Å². The Kier molecular flexibility index (Phi) is 9.04. The van der Waals surface area contributed by atoms with Crippen LogP contribution in [-0.2, 0) is 83.0 Å². The van der Waals surface area contributed by atoms with Gasteiger partial charge in [-0.05, 0) is 115 Å². The van der Waals surface area contributed by atoms with Crippen LogP contribution in [0.15, 0.2) is 0 Å². The Labute approximate surface area is 284 Å². The number of benzene rings is 2. The van der Waals surface area contributed by atoms with Gasteiger partial charge in [0.2, 0.25) is 5.82 Å². The summed E-state index contributed by atoms with van der Waals surface area (Å²) in [5, 5.41) is 5.59. The maximum Gasteiger partial charge on any atom is 0.356 e. The predicted molar refractivity (Wildman–Crippen MR) is 192 cm³/mol. The smallest absolute Gasteiger partial charge is 0.174 e. The van der Waals surface area contributed by atoms with Gasteiger partial charge in [0.1, 0.15) is 6.54 Å². The van der Waals surface area contributed by atoms with Crippen molar-refractivity contribution < 1.29 is 9.25 Å². The summed E-state index contributed by atoms with van der Waals surface area (Å²) in [6, 6.07) is 0. The number of fused-ring (bicyclic) bond motifs is 10. The lowest BCUT2D eigenvalue weighted by atomic mass is 9.74. The fraction of sp³-hybridized carbons (Fsp3) is 0.610. The zero-order chi connectivity index (χ0) is 33.9. The van der Waals surface area contributed by atoms with Gasteiger partial charge in [-0.25, -0.2) is 0 Å². The molecule has 6 nitrogen and oxygen atoms in total. The zero-order valence-corrected chi connectivity index (χ0v) is 31.7. The Morgan fingerprint density at radius 1 is 0.489 bits per heavy atom. The standard InChI is InChI=1S/C41H60N6/c1-13-25-27(15-3)31(19-7)37-35(29(25)17-5)39-42-33(21-9)45(24-12)47(39)41(37)38-32(20-8)28(16-4)26(14-2)30(18-6)36(38)40-43-44(23-11)34(22-10)46(40)41/h13-24H2,1-12H3/q+2. The van der Waals surface area contributed by atoms with Crippen LogP contribution in [0.5, 0.6) is 0 Å². The van der Waals surface area contributed by atoms with E-state index in [0.717, 1.165) is 88.9 Å². The van der Waals surface area contributed by atoms with E-state index in [1.807, 2.05) is 0 Å². The lowest BCUT2D eigenvalue weighted by Gasteiger charge is -2.32. The van der Waals surface area contributed by atoms with E-state index in [0.29, 0.717) is 0 Å². The monoisotopic (exact) mass is 636 g/mol. The Morgan fingerprint density at radius 3 is 1.32 bits per heavy atom. The minimum Gasteiger partial charge on any atom is -0.174 e. The fourth-order valence-electron chi connectivity index (χ4n) is 10.2. The summed E-state index contributed by atoms with van der Waals surface area (Å²) in [6.45, 7) is 29.9. The van der Waals surface area contributed by atoms with Gasteiger partial charge in [0.15, 0.2) is 0 Å². The molecule has 2 aliphatic rings. The van der Waals surface area contributed by atoms with E-state index >= 15 is 0 Å². The molecule has 4 heterocycles. The van der Waals surface area contributed by atoms with Crippen LogP contribution in [0.1, 0.15) is 150 Å². The summed E-state index contributed by atoms with van der Waals surface area (Å²) in [7, 11) is 0. The van der Waals surface area contributed by atoms with Crippen molar-refractivity contribution in [1.82, 2.24) is 19.4 Å². The molecular formula is C41H60N6+2. The molecule has 6 rings (SSSR count). The molecule has 1 spiro atoms. The highest BCUT2D eigenvalue weighted by Gasteiger charge is 2.68. The van der Waals surface area contributed by atoms with Gasteiger partial charge in [0.05, 0.1) is 28.8 Å². The van der Waals surface area contributed by atoms with Crippen molar-refractivity contribution >= 4 is 0 Å². The van der Waals surface area contributed by atoms with Crippen molar-refractivity contribution in [2.45, 2.75) is 166 Å². The molecule has 0 aliphatic carbocycles. The van der Waals surface area contributed by atoms with Crippen molar-refractivity contribution in [3.05, 3.63) is 67.3 Å². The summed E-state index contributed by atoms with van der Waals surface area (Å²) in [5.41, 5.74) is 17.6. The predicted octanol–water partition coefficient (Wildman–Crippen LogP) is 7.58. The van der Waals surface area contributed by atoms with E-state index < -0.39 is 5.66 Å². The summed E-state index contributed by atoms with van der Waals surface area (Å²) >= 11 is 0. The Bertz CT molecular complexity index is 1730. The lowest BCUT2D eigenvalue weighted by Crippen LogP contribution is -2.75. The number of nitrogens with zero attached hydrogens (tertiary/aromatic N) is 6. The van der Waals surface area contributed by atoms with Crippen molar-refractivity contribution in [2.24, 2.45) is 0 Å². The second kappa shape index (κ2) is 12.6. The van der Waals surface area contributed by atoms with Gasteiger partial charge in [-0.3, -0.25) is 0 Å². The highest BCUT2D eigenvalue weighted by molar-refractivity contribution is 5.80. The number of aryl methyl sites for hydroxylation is 2. The maximum atomic E-state index is 5.64. The van der Waals surface area contributed by atoms with E-state index in [9.17, 15) is 0 Å². The van der Waals surface area contributed by atoms with Gasteiger partial charge in [-0.1, -0.05) is 73.9 Å².